The maximum atomic E-state index is 12.4. The topological polar surface area (TPSA) is 59.6 Å². The first-order valence-electron chi connectivity index (χ1n) is 8.69. The molecule has 1 amide bonds. The maximum absolute atomic E-state index is 12.4. The molecule has 1 aliphatic rings. The van der Waals surface area contributed by atoms with Gasteiger partial charge in [-0.15, -0.1) is 0 Å². The van der Waals surface area contributed by atoms with E-state index in [9.17, 15) is 4.79 Å². The second kappa shape index (κ2) is 9.04. The van der Waals surface area contributed by atoms with E-state index in [0.29, 0.717) is 19.6 Å². The Morgan fingerprint density at radius 1 is 1.33 bits per heavy atom. The minimum Gasteiger partial charge on any atom is -0.497 e. The van der Waals surface area contributed by atoms with Crippen LogP contribution in [0.2, 0.25) is 0 Å². The summed E-state index contributed by atoms with van der Waals surface area (Å²) in [6.45, 7) is 5.43. The van der Waals surface area contributed by atoms with Gasteiger partial charge in [0.1, 0.15) is 5.75 Å². The third-order valence-electron chi connectivity index (χ3n) is 4.93. The number of carbonyl (C=O) groups is 1. The van der Waals surface area contributed by atoms with Gasteiger partial charge in [-0.1, -0.05) is 19.1 Å². The standard InChI is InChI=1S/C19H30N2O3/c1-15(16-5-4-6-17(12-16)24-3)11-18(22)21-13-19(14-23-2)7-9-20-10-8-19/h4-6,12,15,20H,7-11,13-14H2,1-3H3,(H,21,22). The predicted molar refractivity (Wildman–Crippen MR) is 95.4 cm³/mol. The number of amides is 1. The molecular weight excluding hydrogens is 304 g/mol. The minimum absolute atomic E-state index is 0.0644. The van der Waals surface area contributed by atoms with Crippen molar-refractivity contribution in [3.8, 4) is 5.75 Å². The monoisotopic (exact) mass is 334 g/mol. The number of rotatable bonds is 8. The highest BCUT2D eigenvalue weighted by Crippen LogP contribution is 2.28. The van der Waals surface area contributed by atoms with Crippen molar-refractivity contribution >= 4 is 5.91 Å². The predicted octanol–water partition coefficient (Wildman–Crippen LogP) is 2.32. The quantitative estimate of drug-likeness (QED) is 0.766. The lowest BCUT2D eigenvalue weighted by Gasteiger charge is -2.37. The molecule has 0 aromatic heterocycles. The van der Waals surface area contributed by atoms with Crippen molar-refractivity contribution in [2.45, 2.75) is 32.1 Å². The number of hydrogen-bond acceptors (Lipinski definition) is 4. The molecule has 1 aromatic carbocycles. The Hall–Kier alpha value is -1.59. The fourth-order valence-corrected chi connectivity index (χ4v) is 3.34. The first kappa shape index (κ1) is 18.7. The van der Waals surface area contributed by atoms with Crippen molar-refractivity contribution in [3.63, 3.8) is 0 Å². The average molecular weight is 334 g/mol. The largest absolute Gasteiger partial charge is 0.497 e. The summed E-state index contributed by atoms with van der Waals surface area (Å²) in [4.78, 5) is 12.4. The Morgan fingerprint density at radius 3 is 2.75 bits per heavy atom. The molecule has 1 heterocycles. The molecule has 2 rings (SSSR count). The van der Waals surface area contributed by atoms with Crippen LogP contribution >= 0.6 is 0 Å². The van der Waals surface area contributed by atoms with Crippen LogP contribution in [0, 0.1) is 5.41 Å². The lowest BCUT2D eigenvalue weighted by molar-refractivity contribution is -0.122. The maximum Gasteiger partial charge on any atom is 0.220 e. The average Bonchev–Trinajstić information content (AvgIpc) is 2.61. The number of nitrogens with one attached hydrogen (secondary N) is 2. The summed E-state index contributed by atoms with van der Waals surface area (Å²) in [6, 6.07) is 7.92. The van der Waals surface area contributed by atoms with Crippen LogP contribution in [0.25, 0.3) is 0 Å². The van der Waals surface area contributed by atoms with Gasteiger partial charge in [0.05, 0.1) is 13.7 Å². The molecule has 1 atom stereocenters. The lowest BCUT2D eigenvalue weighted by atomic mass is 9.79. The molecule has 24 heavy (non-hydrogen) atoms. The van der Waals surface area contributed by atoms with E-state index in [1.54, 1.807) is 14.2 Å². The van der Waals surface area contributed by atoms with Gasteiger partial charge in [0.25, 0.3) is 0 Å². The van der Waals surface area contributed by atoms with Crippen LogP contribution < -0.4 is 15.4 Å². The van der Waals surface area contributed by atoms with Crippen LogP contribution in [0.3, 0.4) is 0 Å². The van der Waals surface area contributed by atoms with Crippen molar-refractivity contribution in [1.29, 1.82) is 0 Å². The second-order valence-corrected chi connectivity index (χ2v) is 6.84. The number of hydrogen-bond donors (Lipinski definition) is 2. The van der Waals surface area contributed by atoms with Crippen molar-refractivity contribution in [2.75, 3.05) is 40.5 Å². The van der Waals surface area contributed by atoms with Crippen LogP contribution in [0.1, 0.15) is 37.7 Å². The van der Waals surface area contributed by atoms with Crippen molar-refractivity contribution in [1.82, 2.24) is 10.6 Å². The Bertz CT molecular complexity index is 522. The molecule has 2 N–H and O–H groups in total. The van der Waals surface area contributed by atoms with E-state index in [0.717, 1.165) is 37.2 Å². The molecule has 0 spiro atoms. The zero-order valence-corrected chi connectivity index (χ0v) is 15.1. The van der Waals surface area contributed by atoms with Crippen LogP contribution in [0.15, 0.2) is 24.3 Å². The molecule has 5 nitrogen and oxygen atoms in total. The van der Waals surface area contributed by atoms with E-state index in [2.05, 4.69) is 17.6 Å². The summed E-state index contributed by atoms with van der Waals surface area (Å²) < 4.78 is 10.7. The molecule has 0 radical (unpaired) electrons. The number of methoxy groups -OCH3 is 2. The third kappa shape index (κ3) is 5.21. The number of benzene rings is 1. The van der Waals surface area contributed by atoms with Crippen LogP contribution in [-0.4, -0.2) is 46.4 Å². The first-order chi connectivity index (χ1) is 11.6. The Morgan fingerprint density at radius 2 is 2.08 bits per heavy atom. The molecule has 1 unspecified atom stereocenters. The van der Waals surface area contributed by atoms with Crippen molar-refractivity contribution in [3.05, 3.63) is 29.8 Å². The summed E-state index contributed by atoms with van der Waals surface area (Å²) in [6.07, 6.45) is 2.55. The van der Waals surface area contributed by atoms with Gasteiger partial charge in [-0.2, -0.15) is 0 Å². The normalized spacial score (nSPS) is 18.0. The summed E-state index contributed by atoms with van der Waals surface area (Å²) in [7, 11) is 3.39. The van der Waals surface area contributed by atoms with Crippen molar-refractivity contribution < 1.29 is 14.3 Å². The fourth-order valence-electron chi connectivity index (χ4n) is 3.34. The Kier molecular flexibility index (Phi) is 7.06. The van der Waals surface area contributed by atoms with Crippen LogP contribution in [-0.2, 0) is 9.53 Å². The first-order valence-corrected chi connectivity index (χ1v) is 8.69. The zero-order valence-electron chi connectivity index (χ0n) is 15.1. The highest BCUT2D eigenvalue weighted by atomic mass is 16.5. The lowest BCUT2D eigenvalue weighted by Crippen LogP contribution is -2.47. The summed E-state index contributed by atoms with van der Waals surface area (Å²) in [5.41, 5.74) is 1.19. The molecular formula is C19H30N2O3. The third-order valence-corrected chi connectivity index (χ3v) is 4.93. The summed E-state index contributed by atoms with van der Waals surface area (Å²) in [5, 5.41) is 6.50. The molecule has 1 saturated heterocycles. The smallest absolute Gasteiger partial charge is 0.220 e. The number of ether oxygens (including phenoxy) is 2. The van der Waals surface area contributed by atoms with E-state index in [-0.39, 0.29) is 17.2 Å². The molecule has 1 fully saturated rings. The van der Waals surface area contributed by atoms with Gasteiger partial charge < -0.3 is 20.1 Å². The molecule has 1 aliphatic heterocycles. The Labute approximate surface area is 145 Å². The van der Waals surface area contributed by atoms with Gasteiger partial charge in [0.2, 0.25) is 5.91 Å². The van der Waals surface area contributed by atoms with E-state index < -0.39 is 0 Å². The highest BCUT2D eigenvalue weighted by Gasteiger charge is 2.32. The summed E-state index contributed by atoms with van der Waals surface area (Å²) in [5.74, 6) is 1.08. The van der Waals surface area contributed by atoms with Gasteiger partial charge in [-0.05, 0) is 49.5 Å². The zero-order chi connectivity index (χ0) is 17.4. The minimum atomic E-state index is 0.0644. The van der Waals surface area contributed by atoms with E-state index >= 15 is 0 Å². The van der Waals surface area contributed by atoms with Gasteiger partial charge in [0.15, 0.2) is 0 Å². The van der Waals surface area contributed by atoms with Crippen molar-refractivity contribution in [2.24, 2.45) is 5.41 Å². The summed E-state index contributed by atoms with van der Waals surface area (Å²) >= 11 is 0. The fraction of sp³-hybridized carbons (Fsp3) is 0.632. The molecule has 0 saturated carbocycles. The second-order valence-electron chi connectivity index (χ2n) is 6.84. The van der Waals surface area contributed by atoms with E-state index in [1.807, 2.05) is 24.3 Å². The van der Waals surface area contributed by atoms with Gasteiger partial charge >= 0.3 is 0 Å². The molecule has 134 valence electrons. The van der Waals surface area contributed by atoms with E-state index in [1.165, 1.54) is 0 Å². The van der Waals surface area contributed by atoms with E-state index in [4.69, 9.17) is 9.47 Å². The molecule has 1 aromatic rings. The highest BCUT2D eigenvalue weighted by molar-refractivity contribution is 5.76. The molecule has 0 bridgehead atoms. The van der Waals surface area contributed by atoms with Gasteiger partial charge in [0, 0.05) is 25.5 Å². The SMILES string of the molecule is COCC1(CNC(=O)CC(C)c2cccc(OC)c2)CCNCC1. The van der Waals surface area contributed by atoms with Gasteiger partial charge in [-0.25, -0.2) is 0 Å². The number of piperidine rings is 1. The molecule has 0 aliphatic carbocycles. The number of carbonyl (C=O) groups excluding carboxylic acids is 1. The molecule has 5 heteroatoms. The van der Waals surface area contributed by atoms with Gasteiger partial charge in [-0.3, -0.25) is 4.79 Å². The van der Waals surface area contributed by atoms with Crippen LogP contribution in [0.4, 0.5) is 0 Å². The van der Waals surface area contributed by atoms with Crippen LogP contribution in [0.5, 0.6) is 5.75 Å². The Balaban J connectivity index is 1.87.